The molecule has 1 rings (SSSR count). The third-order valence-corrected chi connectivity index (χ3v) is 3.03. The summed E-state index contributed by atoms with van der Waals surface area (Å²) in [4.78, 5) is 0. The Morgan fingerprint density at radius 2 is 1.64 bits per heavy atom. The molecule has 0 aromatic heterocycles. The number of rotatable bonds is 3. The fraction of sp³-hybridized carbons (Fsp3) is 0.636. The van der Waals surface area contributed by atoms with E-state index >= 15 is 0 Å². The van der Waals surface area contributed by atoms with Crippen molar-refractivity contribution in [2.75, 3.05) is 0 Å². The predicted molar refractivity (Wildman–Crippen MR) is 50.5 cm³/mol. The summed E-state index contributed by atoms with van der Waals surface area (Å²) in [6.45, 7) is 6.90. The van der Waals surface area contributed by atoms with Crippen LogP contribution in [0.5, 0.6) is 0 Å². The summed E-state index contributed by atoms with van der Waals surface area (Å²) >= 11 is 0. The lowest BCUT2D eigenvalue weighted by Crippen LogP contribution is -3.00. The number of allylic oxidation sites excluding steroid dienone is 4. The van der Waals surface area contributed by atoms with Crippen molar-refractivity contribution >= 4 is 0 Å². The molecular weight excluding hydrogens is 238 g/mol. The first kappa shape index (κ1) is 19.9. The second-order valence-electron chi connectivity index (χ2n) is 3.57. The van der Waals surface area contributed by atoms with E-state index in [1.54, 1.807) is 5.57 Å². The summed E-state index contributed by atoms with van der Waals surface area (Å²) in [6.07, 6.45) is 10.5. The minimum Gasteiger partial charge on any atom is -1.00 e. The van der Waals surface area contributed by atoms with Gasteiger partial charge in [0.05, 0.1) is 0 Å². The lowest BCUT2D eigenvalue weighted by Gasteiger charge is -2.27. The molecule has 0 nitrogen and oxygen atoms in total. The van der Waals surface area contributed by atoms with Crippen molar-refractivity contribution in [3.05, 3.63) is 23.8 Å². The van der Waals surface area contributed by atoms with Gasteiger partial charge in [-0.3, -0.25) is 0 Å². The van der Waals surface area contributed by atoms with E-state index in [4.69, 9.17) is 0 Å². The average molecular weight is 257 g/mol. The number of halogens is 3. The summed E-state index contributed by atoms with van der Waals surface area (Å²) in [7, 11) is 0. The van der Waals surface area contributed by atoms with E-state index in [1.807, 2.05) is 0 Å². The third kappa shape index (κ3) is 4.25. The quantitative estimate of drug-likeness (QED) is 0.473. The normalized spacial score (nSPS) is 13.5. The molecule has 0 aromatic carbocycles. The molecule has 0 atom stereocenters. The molecule has 0 bridgehead atoms. The Balaban J connectivity index is -0.000000403. The Hall–Kier alpha value is 0.350. The number of hydrogen-bond donors (Lipinski definition) is 0. The molecule has 0 amide bonds. The molecule has 1 aliphatic rings. The summed E-state index contributed by atoms with van der Waals surface area (Å²) in [6, 6.07) is 0. The van der Waals surface area contributed by atoms with Crippen molar-refractivity contribution < 1.29 is 37.2 Å². The lowest BCUT2D eigenvalue weighted by molar-refractivity contribution is -0.00100. The Bertz CT molecular complexity index is 191. The van der Waals surface area contributed by atoms with Crippen LogP contribution in [0.15, 0.2) is 23.8 Å². The molecule has 0 heterocycles. The average Bonchev–Trinajstić information content (AvgIpc) is 2.55. The van der Waals surface area contributed by atoms with Crippen molar-refractivity contribution in [1.29, 1.82) is 0 Å². The highest BCUT2D eigenvalue weighted by Crippen LogP contribution is 2.37. The molecule has 0 saturated heterocycles. The molecule has 0 fully saturated rings. The number of hydrogen-bond acceptors (Lipinski definition) is 0. The van der Waals surface area contributed by atoms with Crippen molar-refractivity contribution in [3.8, 4) is 0 Å². The Morgan fingerprint density at radius 3 is 1.93 bits per heavy atom. The van der Waals surface area contributed by atoms with Crippen molar-refractivity contribution in [3.63, 3.8) is 0 Å². The summed E-state index contributed by atoms with van der Waals surface area (Å²) < 4.78 is 0. The van der Waals surface area contributed by atoms with Crippen LogP contribution in [0.4, 0.5) is 0 Å². The Kier molecular flexibility index (Phi) is 12.3. The van der Waals surface area contributed by atoms with E-state index in [0.717, 1.165) is 6.42 Å². The smallest absolute Gasteiger partial charge is 0.00836 e. The van der Waals surface area contributed by atoms with Gasteiger partial charge in [-0.05, 0) is 30.3 Å². The SMILES string of the molecule is CCC(C)(CC)C1=CCC=C1.[Cl-].[Cl-].[Cl-]. The van der Waals surface area contributed by atoms with Crippen LogP contribution in [-0.2, 0) is 0 Å². The molecule has 1 aliphatic carbocycles. The van der Waals surface area contributed by atoms with Crippen LogP contribution in [0, 0.1) is 5.41 Å². The standard InChI is InChI=1S/C11H18.3ClH/c1-4-11(3,5-2)10-8-6-7-9-10;;;/h6,8-9H,4-5,7H2,1-3H3;3*1H/p-3. The summed E-state index contributed by atoms with van der Waals surface area (Å²) in [5, 5.41) is 0. The van der Waals surface area contributed by atoms with Gasteiger partial charge in [-0.25, -0.2) is 0 Å². The van der Waals surface area contributed by atoms with Gasteiger partial charge in [-0.15, -0.1) is 0 Å². The van der Waals surface area contributed by atoms with Gasteiger partial charge in [0, 0.05) is 0 Å². The van der Waals surface area contributed by atoms with Gasteiger partial charge in [-0.1, -0.05) is 39.0 Å². The molecule has 0 N–H and O–H groups in total. The maximum atomic E-state index is 2.36. The van der Waals surface area contributed by atoms with Crippen LogP contribution in [0.1, 0.15) is 40.0 Å². The monoisotopic (exact) mass is 255 g/mol. The van der Waals surface area contributed by atoms with Crippen LogP contribution >= 0.6 is 0 Å². The van der Waals surface area contributed by atoms with E-state index in [0.29, 0.717) is 5.41 Å². The van der Waals surface area contributed by atoms with Crippen LogP contribution in [0.3, 0.4) is 0 Å². The maximum Gasteiger partial charge on any atom is -0.00836 e. The molecule has 0 aromatic rings. The molecule has 0 saturated carbocycles. The second kappa shape index (κ2) is 8.64. The van der Waals surface area contributed by atoms with Gasteiger partial charge in [0.2, 0.25) is 0 Å². The second-order valence-corrected chi connectivity index (χ2v) is 3.57. The highest BCUT2D eigenvalue weighted by Gasteiger charge is 2.23. The molecule has 14 heavy (non-hydrogen) atoms. The molecule has 0 spiro atoms. The van der Waals surface area contributed by atoms with Crippen molar-refractivity contribution in [2.45, 2.75) is 40.0 Å². The van der Waals surface area contributed by atoms with Gasteiger partial charge in [0.1, 0.15) is 0 Å². The zero-order valence-corrected chi connectivity index (χ0v) is 11.3. The first-order valence-corrected chi connectivity index (χ1v) is 4.60. The van der Waals surface area contributed by atoms with Crippen molar-refractivity contribution in [2.24, 2.45) is 5.41 Å². The Morgan fingerprint density at radius 1 is 1.14 bits per heavy atom. The van der Waals surface area contributed by atoms with Gasteiger partial charge in [0.25, 0.3) is 0 Å². The summed E-state index contributed by atoms with van der Waals surface area (Å²) in [5.41, 5.74) is 1.98. The molecule has 0 unspecified atom stereocenters. The minimum absolute atomic E-state index is 0. The first-order valence-electron chi connectivity index (χ1n) is 4.60. The topological polar surface area (TPSA) is 0 Å². The van der Waals surface area contributed by atoms with Crippen molar-refractivity contribution in [1.82, 2.24) is 0 Å². The van der Waals surface area contributed by atoms with E-state index in [2.05, 4.69) is 39.0 Å². The minimum atomic E-state index is 0. The lowest BCUT2D eigenvalue weighted by atomic mass is 9.78. The van der Waals surface area contributed by atoms with E-state index in [1.165, 1.54) is 12.8 Å². The summed E-state index contributed by atoms with van der Waals surface area (Å²) in [5.74, 6) is 0. The van der Waals surface area contributed by atoms with Gasteiger partial charge in [-0.2, -0.15) is 0 Å². The van der Waals surface area contributed by atoms with E-state index in [-0.39, 0.29) is 37.2 Å². The van der Waals surface area contributed by atoms with E-state index in [9.17, 15) is 0 Å². The third-order valence-electron chi connectivity index (χ3n) is 3.03. The fourth-order valence-corrected chi connectivity index (χ4v) is 1.56. The molecule has 3 heteroatoms. The highest BCUT2D eigenvalue weighted by atomic mass is 35.5. The van der Waals surface area contributed by atoms with Gasteiger partial charge >= 0.3 is 0 Å². The highest BCUT2D eigenvalue weighted by molar-refractivity contribution is 5.31. The fourth-order valence-electron chi connectivity index (χ4n) is 1.56. The van der Waals surface area contributed by atoms with Crippen LogP contribution < -0.4 is 37.2 Å². The zero-order chi connectivity index (χ0) is 8.32. The maximum absolute atomic E-state index is 2.36. The molecule has 0 radical (unpaired) electrons. The first-order chi connectivity index (χ1) is 5.23. The van der Waals surface area contributed by atoms with Gasteiger partial charge in [0.15, 0.2) is 0 Å². The van der Waals surface area contributed by atoms with Crippen LogP contribution in [0.2, 0.25) is 0 Å². The Labute approximate surface area is 106 Å². The van der Waals surface area contributed by atoms with Crippen LogP contribution in [-0.4, -0.2) is 0 Å². The molecular formula is C11H18Cl3-3. The molecule has 0 aliphatic heterocycles. The zero-order valence-electron chi connectivity index (χ0n) is 8.99. The van der Waals surface area contributed by atoms with Crippen LogP contribution in [0.25, 0.3) is 0 Å². The van der Waals surface area contributed by atoms with Gasteiger partial charge < -0.3 is 37.2 Å². The molecule has 86 valence electrons. The predicted octanol–water partition coefficient (Wildman–Crippen LogP) is -5.29. The largest absolute Gasteiger partial charge is 1.00 e. The van der Waals surface area contributed by atoms with E-state index < -0.39 is 0 Å².